The summed E-state index contributed by atoms with van der Waals surface area (Å²) in [5.74, 6) is 0. The Morgan fingerprint density at radius 1 is 1.19 bits per heavy atom. The van der Waals surface area contributed by atoms with Crippen LogP contribution in [0, 0.1) is 0 Å². The third kappa shape index (κ3) is 1.92. The van der Waals surface area contributed by atoms with Crippen LogP contribution >= 0.6 is 12.6 Å². The first-order valence-corrected chi connectivity index (χ1v) is 4.67. The molecule has 0 radical (unpaired) electrons. The Hall–Kier alpha value is -1.43. The topological polar surface area (TPSA) is 30.2 Å². The quantitative estimate of drug-likeness (QED) is 0.572. The van der Waals surface area contributed by atoms with Crippen LogP contribution in [0.15, 0.2) is 38.4 Å². The van der Waals surface area contributed by atoms with Gasteiger partial charge in [-0.2, -0.15) is 13.2 Å². The van der Waals surface area contributed by atoms with Gasteiger partial charge in [-0.3, -0.25) is 0 Å². The minimum absolute atomic E-state index is 0.118. The fourth-order valence-corrected chi connectivity index (χ4v) is 1.58. The van der Waals surface area contributed by atoms with Gasteiger partial charge in [0.1, 0.15) is 5.58 Å². The molecule has 1 heterocycles. The molecule has 0 aliphatic rings. The van der Waals surface area contributed by atoms with E-state index in [-0.39, 0.29) is 11.0 Å². The first kappa shape index (κ1) is 11.1. The number of hydrogen-bond donors (Lipinski definition) is 1. The van der Waals surface area contributed by atoms with Crippen LogP contribution in [0.2, 0.25) is 0 Å². The molecule has 0 N–H and O–H groups in total. The third-order valence-corrected chi connectivity index (χ3v) is 2.31. The predicted molar refractivity (Wildman–Crippen MR) is 54.7 cm³/mol. The van der Waals surface area contributed by atoms with Crippen molar-refractivity contribution < 1.29 is 17.6 Å². The van der Waals surface area contributed by atoms with E-state index in [4.69, 9.17) is 0 Å². The number of fused-ring (bicyclic) bond motifs is 1. The summed E-state index contributed by atoms with van der Waals surface area (Å²) in [5, 5.41) is -0.148. The van der Waals surface area contributed by atoms with Crippen molar-refractivity contribution in [3.63, 3.8) is 0 Å². The molecule has 0 aliphatic carbocycles. The summed E-state index contributed by atoms with van der Waals surface area (Å²) in [7, 11) is 0. The third-order valence-electron chi connectivity index (χ3n) is 2.03. The Balaban J connectivity index is 2.89. The Morgan fingerprint density at radius 3 is 2.50 bits per heavy atom. The summed E-state index contributed by atoms with van der Waals surface area (Å²) < 4.78 is 42.5. The fraction of sp³-hybridized carbons (Fsp3) is 0.100. The van der Waals surface area contributed by atoms with Crippen LogP contribution in [-0.2, 0) is 6.18 Å². The van der Waals surface area contributed by atoms with Crippen molar-refractivity contribution >= 4 is 23.6 Å². The zero-order valence-electron chi connectivity index (χ0n) is 7.71. The van der Waals surface area contributed by atoms with E-state index in [2.05, 4.69) is 17.0 Å². The largest absolute Gasteiger partial charge is 0.423 e. The highest BCUT2D eigenvalue weighted by atomic mass is 32.1. The fourth-order valence-electron chi connectivity index (χ4n) is 1.39. The molecule has 2 nitrogen and oxygen atoms in total. The standard InChI is InChI=1S/C10H5F3O2S/c11-10(12,13)7-4-9(14)15-8-3-5(16)1-2-6(7)8/h1-4,16H. The Labute approximate surface area is 93.1 Å². The first-order chi connectivity index (χ1) is 7.38. The van der Waals surface area contributed by atoms with E-state index in [1.807, 2.05) is 0 Å². The summed E-state index contributed by atoms with van der Waals surface area (Å²) in [6.45, 7) is 0. The lowest BCUT2D eigenvalue weighted by atomic mass is 10.1. The van der Waals surface area contributed by atoms with E-state index in [1.54, 1.807) is 0 Å². The van der Waals surface area contributed by atoms with Crippen molar-refractivity contribution in [2.45, 2.75) is 11.1 Å². The first-order valence-electron chi connectivity index (χ1n) is 4.22. The number of benzene rings is 1. The van der Waals surface area contributed by atoms with Gasteiger partial charge < -0.3 is 4.42 Å². The molecular weight excluding hydrogens is 241 g/mol. The molecule has 6 heteroatoms. The van der Waals surface area contributed by atoms with E-state index in [1.165, 1.54) is 18.2 Å². The molecule has 0 bridgehead atoms. The van der Waals surface area contributed by atoms with Crippen LogP contribution < -0.4 is 5.63 Å². The second-order valence-corrected chi connectivity index (χ2v) is 3.67. The van der Waals surface area contributed by atoms with Gasteiger partial charge in [-0.05, 0) is 18.2 Å². The normalized spacial score (nSPS) is 12.0. The molecule has 0 amide bonds. The van der Waals surface area contributed by atoms with E-state index in [9.17, 15) is 18.0 Å². The average molecular weight is 246 g/mol. The zero-order valence-corrected chi connectivity index (χ0v) is 8.60. The van der Waals surface area contributed by atoms with E-state index in [0.29, 0.717) is 11.0 Å². The molecule has 0 atom stereocenters. The highest BCUT2D eigenvalue weighted by Gasteiger charge is 2.33. The number of alkyl halides is 3. The van der Waals surface area contributed by atoms with Crippen molar-refractivity contribution in [1.29, 1.82) is 0 Å². The molecule has 0 saturated carbocycles. The number of thiol groups is 1. The lowest BCUT2D eigenvalue weighted by molar-refractivity contribution is -0.136. The Kier molecular flexibility index (Phi) is 2.46. The van der Waals surface area contributed by atoms with Crippen LogP contribution in [-0.4, -0.2) is 0 Å². The smallest absolute Gasteiger partial charge is 0.417 e. The lowest BCUT2D eigenvalue weighted by Crippen LogP contribution is -2.10. The summed E-state index contributed by atoms with van der Waals surface area (Å²) in [6, 6.07) is 4.35. The Morgan fingerprint density at radius 2 is 1.88 bits per heavy atom. The number of rotatable bonds is 0. The SMILES string of the molecule is O=c1cc(C(F)(F)F)c2ccc(S)cc2o1. The molecular formula is C10H5F3O2S. The molecule has 0 aliphatic heterocycles. The molecule has 0 fully saturated rings. The average Bonchev–Trinajstić information content (AvgIpc) is 2.14. The maximum atomic E-state index is 12.6. The van der Waals surface area contributed by atoms with Crippen LogP contribution in [0.4, 0.5) is 13.2 Å². The van der Waals surface area contributed by atoms with Crippen molar-refractivity contribution in [3.8, 4) is 0 Å². The minimum atomic E-state index is -4.58. The van der Waals surface area contributed by atoms with Crippen molar-refractivity contribution in [2.24, 2.45) is 0 Å². The highest BCUT2D eigenvalue weighted by molar-refractivity contribution is 7.80. The van der Waals surface area contributed by atoms with Gasteiger partial charge in [-0.1, -0.05) is 0 Å². The summed E-state index contributed by atoms with van der Waals surface area (Å²) in [4.78, 5) is 11.4. The molecule has 84 valence electrons. The molecule has 16 heavy (non-hydrogen) atoms. The van der Waals surface area contributed by atoms with Crippen LogP contribution in [0.25, 0.3) is 11.0 Å². The van der Waals surface area contributed by atoms with Crippen LogP contribution in [0.1, 0.15) is 5.56 Å². The zero-order chi connectivity index (χ0) is 11.9. The molecule has 0 unspecified atom stereocenters. The van der Waals surface area contributed by atoms with Crippen LogP contribution in [0.5, 0.6) is 0 Å². The molecule has 2 aromatic rings. The molecule has 1 aromatic heterocycles. The van der Waals surface area contributed by atoms with Crippen molar-refractivity contribution in [1.82, 2.24) is 0 Å². The molecule has 0 spiro atoms. The van der Waals surface area contributed by atoms with Gasteiger partial charge in [-0.25, -0.2) is 4.79 Å². The molecule has 1 aromatic carbocycles. The summed E-state index contributed by atoms with van der Waals surface area (Å²) >= 11 is 3.96. The van der Waals surface area contributed by atoms with E-state index in [0.717, 1.165) is 0 Å². The Bertz CT molecular complexity index is 601. The monoisotopic (exact) mass is 246 g/mol. The van der Waals surface area contributed by atoms with Gasteiger partial charge in [0.25, 0.3) is 0 Å². The van der Waals surface area contributed by atoms with Gasteiger partial charge >= 0.3 is 11.8 Å². The second-order valence-electron chi connectivity index (χ2n) is 3.16. The molecule has 0 saturated heterocycles. The van der Waals surface area contributed by atoms with Gasteiger partial charge in [0.15, 0.2) is 0 Å². The van der Waals surface area contributed by atoms with Gasteiger partial charge in [0.05, 0.1) is 5.56 Å². The van der Waals surface area contributed by atoms with Gasteiger partial charge in [0, 0.05) is 16.3 Å². The van der Waals surface area contributed by atoms with Gasteiger partial charge in [-0.15, -0.1) is 12.6 Å². The van der Waals surface area contributed by atoms with E-state index < -0.39 is 17.4 Å². The maximum absolute atomic E-state index is 12.6. The van der Waals surface area contributed by atoms with Crippen molar-refractivity contribution in [3.05, 3.63) is 40.2 Å². The number of hydrogen-bond acceptors (Lipinski definition) is 3. The number of halogens is 3. The predicted octanol–water partition coefficient (Wildman–Crippen LogP) is 3.10. The van der Waals surface area contributed by atoms with Gasteiger partial charge in [0.2, 0.25) is 0 Å². The maximum Gasteiger partial charge on any atom is 0.417 e. The second kappa shape index (κ2) is 3.55. The summed E-state index contributed by atoms with van der Waals surface area (Å²) in [6.07, 6.45) is -4.58. The summed E-state index contributed by atoms with van der Waals surface area (Å²) in [5.41, 5.74) is -2.14. The van der Waals surface area contributed by atoms with E-state index >= 15 is 0 Å². The van der Waals surface area contributed by atoms with Crippen LogP contribution in [0.3, 0.4) is 0 Å². The van der Waals surface area contributed by atoms with Crippen molar-refractivity contribution in [2.75, 3.05) is 0 Å². The lowest BCUT2D eigenvalue weighted by Gasteiger charge is -2.08. The highest BCUT2D eigenvalue weighted by Crippen LogP contribution is 2.34. The molecule has 2 rings (SSSR count). The minimum Gasteiger partial charge on any atom is -0.423 e.